The van der Waals surface area contributed by atoms with E-state index in [1.54, 1.807) is 43.3 Å². The molecule has 3 rings (SSSR count). The largest absolute Gasteiger partial charge is 0.482 e. The lowest BCUT2D eigenvalue weighted by molar-refractivity contribution is -0.142. The van der Waals surface area contributed by atoms with E-state index < -0.39 is 6.04 Å². The lowest BCUT2D eigenvalue weighted by Crippen LogP contribution is -2.49. The summed E-state index contributed by atoms with van der Waals surface area (Å²) >= 11 is 6.11. The molecular formula is C26H30ClFN2O3. The second kappa shape index (κ2) is 12.4. The SMILES string of the molecule is C[C@@H](C(=O)NCCC1=CCCCC1)N(Cc1ccc(F)cc1)C(=O)COc1ccccc1Cl. The molecule has 1 aliphatic rings. The quantitative estimate of drug-likeness (QED) is 0.478. The van der Waals surface area contributed by atoms with Crippen LogP contribution in [0.1, 0.15) is 44.6 Å². The molecule has 5 nitrogen and oxygen atoms in total. The van der Waals surface area contributed by atoms with Crippen LogP contribution in [0.5, 0.6) is 5.75 Å². The number of nitrogens with one attached hydrogen (secondary N) is 1. The van der Waals surface area contributed by atoms with Crippen LogP contribution < -0.4 is 10.1 Å². The maximum atomic E-state index is 13.3. The number of carbonyl (C=O) groups excluding carboxylic acids is 2. The molecule has 0 radical (unpaired) electrons. The van der Waals surface area contributed by atoms with Crippen LogP contribution >= 0.6 is 11.6 Å². The highest BCUT2D eigenvalue weighted by Gasteiger charge is 2.26. The third-order valence-electron chi connectivity index (χ3n) is 5.75. The molecule has 0 heterocycles. The van der Waals surface area contributed by atoms with Gasteiger partial charge < -0.3 is 15.0 Å². The van der Waals surface area contributed by atoms with E-state index in [2.05, 4.69) is 11.4 Å². The van der Waals surface area contributed by atoms with Crippen LogP contribution in [0, 0.1) is 5.82 Å². The lowest BCUT2D eigenvalue weighted by atomic mass is 9.97. The van der Waals surface area contributed by atoms with Gasteiger partial charge in [0, 0.05) is 13.1 Å². The van der Waals surface area contributed by atoms with Crippen molar-refractivity contribution >= 4 is 23.4 Å². The highest BCUT2D eigenvalue weighted by atomic mass is 35.5. The number of rotatable bonds is 10. The number of hydrogen-bond acceptors (Lipinski definition) is 3. The minimum atomic E-state index is -0.724. The van der Waals surface area contributed by atoms with Gasteiger partial charge in [-0.05, 0) is 68.9 Å². The van der Waals surface area contributed by atoms with Crippen molar-refractivity contribution in [1.82, 2.24) is 10.2 Å². The summed E-state index contributed by atoms with van der Waals surface area (Å²) in [5, 5.41) is 3.35. The molecule has 0 unspecified atom stereocenters. The summed E-state index contributed by atoms with van der Waals surface area (Å²) in [6, 6.07) is 12.0. The zero-order valence-electron chi connectivity index (χ0n) is 18.9. The molecule has 0 saturated carbocycles. The number of carbonyl (C=O) groups is 2. The third kappa shape index (κ3) is 7.60. The topological polar surface area (TPSA) is 58.6 Å². The summed E-state index contributed by atoms with van der Waals surface area (Å²) in [4.78, 5) is 27.4. The van der Waals surface area contributed by atoms with Crippen molar-refractivity contribution in [3.8, 4) is 5.75 Å². The summed E-state index contributed by atoms with van der Waals surface area (Å²) in [5.74, 6) is -0.565. The molecule has 0 fully saturated rings. The van der Waals surface area contributed by atoms with Crippen molar-refractivity contribution in [3.63, 3.8) is 0 Å². The van der Waals surface area contributed by atoms with Crippen LogP contribution in [-0.4, -0.2) is 35.9 Å². The Morgan fingerprint density at radius 3 is 2.61 bits per heavy atom. The fourth-order valence-electron chi connectivity index (χ4n) is 3.78. The first kappa shape index (κ1) is 24.8. The second-order valence-electron chi connectivity index (χ2n) is 8.19. The average Bonchev–Trinajstić information content (AvgIpc) is 2.83. The number of para-hydroxylation sites is 1. The minimum Gasteiger partial charge on any atom is -0.482 e. The van der Waals surface area contributed by atoms with Gasteiger partial charge in [-0.3, -0.25) is 9.59 Å². The van der Waals surface area contributed by atoms with Gasteiger partial charge >= 0.3 is 0 Å². The Labute approximate surface area is 199 Å². The fraction of sp³-hybridized carbons (Fsp3) is 0.385. The number of ether oxygens (including phenoxy) is 1. The summed E-state index contributed by atoms with van der Waals surface area (Å²) in [7, 11) is 0. The molecule has 0 saturated heterocycles. The van der Waals surface area contributed by atoms with Gasteiger partial charge in [0.25, 0.3) is 5.91 Å². The smallest absolute Gasteiger partial charge is 0.261 e. The summed E-state index contributed by atoms with van der Waals surface area (Å²) < 4.78 is 18.9. The zero-order valence-corrected chi connectivity index (χ0v) is 19.6. The van der Waals surface area contributed by atoms with E-state index in [-0.39, 0.29) is 30.8 Å². The van der Waals surface area contributed by atoms with Gasteiger partial charge in [0.15, 0.2) is 6.61 Å². The summed E-state index contributed by atoms with van der Waals surface area (Å²) in [6.45, 7) is 2.11. The van der Waals surface area contributed by atoms with Crippen molar-refractivity contribution in [2.45, 2.75) is 51.6 Å². The highest BCUT2D eigenvalue weighted by molar-refractivity contribution is 6.32. The minimum absolute atomic E-state index is 0.157. The predicted molar refractivity (Wildman–Crippen MR) is 128 cm³/mol. The molecule has 33 heavy (non-hydrogen) atoms. The van der Waals surface area contributed by atoms with Gasteiger partial charge in [-0.25, -0.2) is 4.39 Å². The molecular weight excluding hydrogens is 443 g/mol. The van der Waals surface area contributed by atoms with Gasteiger partial charge in [0.1, 0.15) is 17.6 Å². The van der Waals surface area contributed by atoms with E-state index >= 15 is 0 Å². The molecule has 2 amide bonds. The molecule has 2 aromatic carbocycles. The highest BCUT2D eigenvalue weighted by Crippen LogP contribution is 2.23. The van der Waals surface area contributed by atoms with E-state index in [1.807, 2.05) is 0 Å². The molecule has 1 aliphatic carbocycles. The molecule has 0 aromatic heterocycles. The average molecular weight is 473 g/mol. The van der Waals surface area contributed by atoms with E-state index in [1.165, 1.54) is 35.4 Å². The van der Waals surface area contributed by atoms with E-state index in [9.17, 15) is 14.0 Å². The molecule has 1 N–H and O–H groups in total. The first-order valence-corrected chi connectivity index (χ1v) is 11.7. The first-order chi connectivity index (χ1) is 15.9. The van der Waals surface area contributed by atoms with Crippen LogP contribution in [0.3, 0.4) is 0 Å². The first-order valence-electron chi connectivity index (χ1n) is 11.3. The molecule has 0 spiro atoms. The number of nitrogens with zero attached hydrogens (tertiary/aromatic N) is 1. The number of allylic oxidation sites excluding steroid dienone is 1. The standard InChI is InChI=1S/C26H30ClFN2O3/c1-19(26(32)29-16-15-20-7-3-2-4-8-20)30(17-21-11-13-22(28)14-12-21)25(31)18-33-24-10-6-5-9-23(24)27/h5-7,9-14,19H,2-4,8,15-18H2,1H3,(H,29,32)/t19-/m0/s1. The van der Waals surface area contributed by atoms with Gasteiger partial charge in [0.2, 0.25) is 5.91 Å². The van der Waals surface area contributed by atoms with Crippen LogP contribution in [0.15, 0.2) is 60.2 Å². The summed E-state index contributed by atoms with van der Waals surface area (Å²) in [5.41, 5.74) is 2.09. The lowest BCUT2D eigenvalue weighted by Gasteiger charge is -2.29. The van der Waals surface area contributed by atoms with Crippen LogP contribution in [0.2, 0.25) is 5.02 Å². The molecule has 1 atom stereocenters. The number of hydrogen-bond donors (Lipinski definition) is 1. The maximum Gasteiger partial charge on any atom is 0.261 e. The zero-order chi connectivity index (χ0) is 23.6. The van der Waals surface area contributed by atoms with Gasteiger partial charge in [-0.1, -0.05) is 47.5 Å². The Bertz CT molecular complexity index is 978. The second-order valence-corrected chi connectivity index (χ2v) is 8.60. The molecule has 0 bridgehead atoms. The van der Waals surface area contributed by atoms with Crippen molar-refractivity contribution in [2.24, 2.45) is 0 Å². The number of amides is 2. The molecule has 0 aliphatic heterocycles. The summed E-state index contributed by atoms with van der Waals surface area (Å²) in [6.07, 6.45) is 7.69. The van der Waals surface area contributed by atoms with E-state index in [0.717, 1.165) is 24.8 Å². The van der Waals surface area contributed by atoms with Crippen molar-refractivity contribution in [3.05, 3.63) is 76.6 Å². The maximum absolute atomic E-state index is 13.3. The van der Waals surface area contributed by atoms with E-state index in [0.29, 0.717) is 17.3 Å². The Morgan fingerprint density at radius 2 is 1.91 bits per heavy atom. The normalized spacial score (nSPS) is 14.2. The Hall–Kier alpha value is -2.86. The van der Waals surface area contributed by atoms with Gasteiger partial charge in [-0.15, -0.1) is 0 Å². The Kier molecular flexibility index (Phi) is 9.31. The van der Waals surface area contributed by atoms with Crippen LogP contribution in [-0.2, 0) is 16.1 Å². The van der Waals surface area contributed by atoms with Crippen molar-refractivity contribution < 1.29 is 18.7 Å². The monoisotopic (exact) mass is 472 g/mol. The fourth-order valence-corrected chi connectivity index (χ4v) is 3.97. The van der Waals surface area contributed by atoms with Gasteiger partial charge in [-0.2, -0.15) is 0 Å². The number of benzene rings is 2. The molecule has 7 heteroatoms. The van der Waals surface area contributed by atoms with Crippen molar-refractivity contribution in [2.75, 3.05) is 13.2 Å². The Morgan fingerprint density at radius 1 is 1.15 bits per heavy atom. The van der Waals surface area contributed by atoms with Crippen LogP contribution in [0.4, 0.5) is 4.39 Å². The van der Waals surface area contributed by atoms with Crippen molar-refractivity contribution in [1.29, 1.82) is 0 Å². The number of halogens is 2. The predicted octanol–water partition coefficient (Wildman–Crippen LogP) is 5.28. The molecule has 2 aromatic rings. The third-order valence-corrected chi connectivity index (χ3v) is 6.06. The molecule has 176 valence electrons. The van der Waals surface area contributed by atoms with Gasteiger partial charge in [0.05, 0.1) is 5.02 Å². The Balaban J connectivity index is 1.64. The van der Waals surface area contributed by atoms with Crippen LogP contribution in [0.25, 0.3) is 0 Å². The van der Waals surface area contributed by atoms with E-state index in [4.69, 9.17) is 16.3 Å².